The number of aromatic amines is 1. The SMILES string of the molecule is CNc1nc(OCCN(C)C)c2cn[nH]c2n1. The summed E-state index contributed by atoms with van der Waals surface area (Å²) in [5.74, 6) is 1.07. The topological polar surface area (TPSA) is 79.0 Å². The molecule has 0 bridgehead atoms. The average molecular weight is 236 g/mol. The molecule has 2 heterocycles. The number of nitrogens with zero attached hydrogens (tertiary/aromatic N) is 4. The largest absolute Gasteiger partial charge is 0.476 e. The fraction of sp³-hybridized carbons (Fsp3) is 0.500. The number of anilines is 1. The first-order chi connectivity index (χ1) is 8.20. The summed E-state index contributed by atoms with van der Waals surface area (Å²) in [4.78, 5) is 10.5. The number of nitrogens with one attached hydrogen (secondary N) is 2. The Morgan fingerprint density at radius 3 is 2.94 bits per heavy atom. The van der Waals surface area contributed by atoms with Crippen molar-refractivity contribution >= 4 is 17.0 Å². The first-order valence-electron chi connectivity index (χ1n) is 5.37. The minimum Gasteiger partial charge on any atom is -0.476 e. The molecule has 2 aromatic rings. The van der Waals surface area contributed by atoms with E-state index in [0.717, 1.165) is 11.9 Å². The number of H-pyrrole nitrogens is 1. The molecule has 7 heteroatoms. The molecule has 0 amide bonds. The molecule has 0 fully saturated rings. The lowest BCUT2D eigenvalue weighted by molar-refractivity contribution is 0.256. The molecule has 0 aliphatic rings. The van der Waals surface area contributed by atoms with Crippen molar-refractivity contribution < 1.29 is 4.74 Å². The van der Waals surface area contributed by atoms with Crippen LogP contribution in [-0.2, 0) is 0 Å². The van der Waals surface area contributed by atoms with Crippen LogP contribution in [-0.4, -0.2) is 59.4 Å². The van der Waals surface area contributed by atoms with Crippen molar-refractivity contribution in [3.05, 3.63) is 6.20 Å². The quantitative estimate of drug-likeness (QED) is 0.779. The third-order valence-electron chi connectivity index (χ3n) is 2.28. The zero-order valence-corrected chi connectivity index (χ0v) is 10.2. The van der Waals surface area contributed by atoms with E-state index in [4.69, 9.17) is 4.74 Å². The Kier molecular flexibility index (Phi) is 3.38. The minimum atomic E-state index is 0.515. The first kappa shape index (κ1) is 11.6. The normalized spacial score (nSPS) is 11.1. The Morgan fingerprint density at radius 2 is 2.24 bits per heavy atom. The molecule has 0 saturated carbocycles. The number of hydrogen-bond donors (Lipinski definition) is 2. The van der Waals surface area contributed by atoms with E-state index in [2.05, 4.69) is 25.5 Å². The molecule has 2 aromatic heterocycles. The van der Waals surface area contributed by atoms with E-state index in [-0.39, 0.29) is 0 Å². The fourth-order valence-electron chi connectivity index (χ4n) is 1.36. The molecule has 0 saturated heterocycles. The van der Waals surface area contributed by atoms with Gasteiger partial charge in [0, 0.05) is 13.6 Å². The summed E-state index contributed by atoms with van der Waals surface area (Å²) in [6.07, 6.45) is 1.67. The number of ether oxygens (including phenoxy) is 1. The third-order valence-corrected chi connectivity index (χ3v) is 2.28. The van der Waals surface area contributed by atoms with Crippen LogP contribution in [0.3, 0.4) is 0 Å². The summed E-state index contributed by atoms with van der Waals surface area (Å²) in [5.41, 5.74) is 0.671. The van der Waals surface area contributed by atoms with Gasteiger partial charge in [0.2, 0.25) is 11.8 Å². The highest BCUT2D eigenvalue weighted by molar-refractivity contribution is 5.80. The van der Waals surface area contributed by atoms with Crippen LogP contribution in [0.4, 0.5) is 5.95 Å². The molecule has 0 radical (unpaired) electrons. The predicted octanol–water partition coefficient (Wildman–Crippen LogP) is 0.335. The second-order valence-electron chi connectivity index (χ2n) is 3.89. The van der Waals surface area contributed by atoms with Crippen LogP contribution in [0.25, 0.3) is 11.0 Å². The predicted molar refractivity (Wildman–Crippen MR) is 65.3 cm³/mol. The van der Waals surface area contributed by atoms with Gasteiger partial charge in [0.05, 0.1) is 6.20 Å². The summed E-state index contributed by atoms with van der Waals surface area (Å²) in [7, 11) is 5.76. The van der Waals surface area contributed by atoms with Crippen LogP contribution in [0.15, 0.2) is 6.20 Å². The number of fused-ring (bicyclic) bond motifs is 1. The molecular weight excluding hydrogens is 220 g/mol. The van der Waals surface area contributed by atoms with Gasteiger partial charge in [-0.1, -0.05) is 0 Å². The highest BCUT2D eigenvalue weighted by atomic mass is 16.5. The minimum absolute atomic E-state index is 0.515. The van der Waals surface area contributed by atoms with Gasteiger partial charge in [-0.2, -0.15) is 15.1 Å². The van der Waals surface area contributed by atoms with E-state index >= 15 is 0 Å². The van der Waals surface area contributed by atoms with E-state index in [1.54, 1.807) is 13.2 Å². The molecular formula is C10H16N6O. The molecule has 0 aromatic carbocycles. The van der Waals surface area contributed by atoms with Crippen molar-refractivity contribution in [2.45, 2.75) is 0 Å². The highest BCUT2D eigenvalue weighted by Gasteiger charge is 2.09. The van der Waals surface area contributed by atoms with Crippen molar-refractivity contribution in [3.63, 3.8) is 0 Å². The maximum Gasteiger partial charge on any atom is 0.229 e. The Balaban J connectivity index is 2.21. The molecule has 0 aliphatic carbocycles. The highest BCUT2D eigenvalue weighted by Crippen LogP contribution is 2.21. The van der Waals surface area contributed by atoms with Crippen molar-refractivity contribution in [2.75, 3.05) is 39.6 Å². The lowest BCUT2D eigenvalue weighted by Gasteiger charge is -2.11. The van der Waals surface area contributed by atoms with E-state index in [9.17, 15) is 0 Å². The molecule has 92 valence electrons. The Labute approximate surface area is 99.2 Å². The van der Waals surface area contributed by atoms with Crippen LogP contribution >= 0.6 is 0 Å². The standard InChI is InChI=1S/C10H16N6O/c1-11-10-13-8-7(6-12-15-8)9(14-10)17-5-4-16(2)3/h6H,4-5H2,1-3H3,(H2,11,12,13,14,15). The van der Waals surface area contributed by atoms with Gasteiger partial charge in [0.15, 0.2) is 5.65 Å². The van der Waals surface area contributed by atoms with Crippen LogP contribution < -0.4 is 10.1 Å². The monoisotopic (exact) mass is 236 g/mol. The van der Waals surface area contributed by atoms with Gasteiger partial charge in [-0.15, -0.1) is 0 Å². The zero-order valence-electron chi connectivity index (χ0n) is 10.2. The van der Waals surface area contributed by atoms with Crippen molar-refractivity contribution in [1.29, 1.82) is 0 Å². The van der Waals surface area contributed by atoms with Gasteiger partial charge < -0.3 is 15.0 Å². The van der Waals surface area contributed by atoms with Crippen LogP contribution in [0.2, 0.25) is 0 Å². The number of aromatic nitrogens is 4. The lowest BCUT2D eigenvalue weighted by Crippen LogP contribution is -2.19. The molecule has 7 nitrogen and oxygen atoms in total. The number of rotatable bonds is 5. The van der Waals surface area contributed by atoms with E-state index < -0.39 is 0 Å². The second kappa shape index (κ2) is 4.96. The van der Waals surface area contributed by atoms with E-state index in [0.29, 0.717) is 24.1 Å². The van der Waals surface area contributed by atoms with Gasteiger partial charge in [-0.25, -0.2) is 0 Å². The summed E-state index contributed by atoms with van der Waals surface area (Å²) < 4.78 is 5.64. The van der Waals surface area contributed by atoms with Crippen LogP contribution in [0.1, 0.15) is 0 Å². The molecule has 2 rings (SSSR count). The van der Waals surface area contributed by atoms with Gasteiger partial charge in [0.25, 0.3) is 0 Å². The van der Waals surface area contributed by atoms with E-state index in [1.807, 2.05) is 19.0 Å². The smallest absolute Gasteiger partial charge is 0.229 e. The molecule has 0 unspecified atom stereocenters. The summed E-state index contributed by atoms with van der Waals surface area (Å²) in [6, 6.07) is 0. The summed E-state index contributed by atoms with van der Waals surface area (Å²) in [5, 5.41) is 10.4. The van der Waals surface area contributed by atoms with Crippen molar-refractivity contribution in [2.24, 2.45) is 0 Å². The third kappa shape index (κ3) is 2.62. The first-order valence-corrected chi connectivity index (χ1v) is 5.37. The summed E-state index contributed by atoms with van der Waals surface area (Å²) in [6.45, 7) is 1.41. The van der Waals surface area contributed by atoms with Gasteiger partial charge >= 0.3 is 0 Å². The van der Waals surface area contributed by atoms with Crippen LogP contribution in [0, 0.1) is 0 Å². The van der Waals surface area contributed by atoms with Gasteiger partial charge in [0.1, 0.15) is 12.0 Å². The molecule has 0 aliphatic heterocycles. The number of hydrogen-bond acceptors (Lipinski definition) is 6. The molecule has 0 atom stereocenters. The maximum atomic E-state index is 5.64. The van der Waals surface area contributed by atoms with Gasteiger partial charge in [-0.3, -0.25) is 5.10 Å². The van der Waals surface area contributed by atoms with Crippen molar-refractivity contribution in [1.82, 2.24) is 25.1 Å². The zero-order chi connectivity index (χ0) is 12.3. The molecule has 2 N–H and O–H groups in total. The Bertz CT molecular complexity index is 495. The van der Waals surface area contributed by atoms with E-state index in [1.165, 1.54) is 0 Å². The summed E-state index contributed by atoms with van der Waals surface area (Å²) >= 11 is 0. The van der Waals surface area contributed by atoms with Gasteiger partial charge in [-0.05, 0) is 14.1 Å². The van der Waals surface area contributed by atoms with Crippen LogP contribution in [0.5, 0.6) is 5.88 Å². The number of likely N-dealkylation sites (N-methyl/N-ethyl adjacent to an activating group) is 1. The molecule has 17 heavy (non-hydrogen) atoms. The molecule has 0 spiro atoms. The Hall–Kier alpha value is -1.89. The fourth-order valence-corrected chi connectivity index (χ4v) is 1.36. The second-order valence-corrected chi connectivity index (χ2v) is 3.89. The van der Waals surface area contributed by atoms with Crippen molar-refractivity contribution in [3.8, 4) is 5.88 Å². The average Bonchev–Trinajstić information content (AvgIpc) is 2.76. The Morgan fingerprint density at radius 1 is 1.41 bits per heavy atom. The lowest BCUT2D eigenvalue weighted by atomic mass is 10.4. The maximum absolute atomic E-state index is 5.64.